The van der Waals surface area contributed by atoms with Crippen LogP contribution in [0, 0.1) is 0 Å². The number of halogens is 2. The number of allylic oxidation sites excluding steroid dienone is 1. The fourth-order valence-electron chi connectivity index (χ4n) is 0.759. The van der Waals surface area contributed by atoms with Gasteiger partial charge in [0.05, 0.1) is 10.7 Å². The van der Waals surface area contributed by atoms with Crippen LogP contribution < -0.4 is 5.32 Å². The van der Waals surface area contributed by atoms with Gasteiger partial charge in [-0.05, 0) is 28.1 Å². The van der Waals surface area contributed by atoms with E-state index in [-0.39, 0.29) is 5.03 Å². The molecule has 0 saturated carbocycles. The van der Waals surface area contributed by atoms with Crippen LogP contribution >= 0.6 is 27.5 Å². The molecule has 0 bridgehead atoms. The number of hydrogen-bond donors (Lipinski definition) is 1. The predicted molar refractivity (Wildman–Crippen MR) is 57.8 cm³/mol. The first kappa shape index (κ1) is 10.3. The highest BCUT2D eigenvalue weighted by Crippen LogP contribution is 2.21. The molecule has 1 aromatic carbocycles. The number of hydrogen-bond acceptors (Lipinski definition) is 2. The molecule has 1 aromatic rings. The van der Waals surface area contributed by atoms with E-state index in [1.807, 2.05) is 24.3 Å². The van der Waals surface area contributed by atoms with Crippen LogP contribution in [-0.2, 0) is 4.79 Å². The van der Waals surface area contributed by atoms with Gasteiger partial charge < -0.3 is 5.32 Å². The largest absolute Gasteiger partial charge is 0.359 e. The lowest BCUT2D eigenvalue weighted by Gasteiger charge is -2.02. The van der Waals surface area contributed by atoms with E-state index in [0.717, 1.165) is 10.2 Å². The monoisotopic (exact) mass is 259 g/mol. The lowest BCUT2D eigenvalue weighted by Crippen LogP contribution is -1.89. The molecule has 1 N–H and O–H groups in total. The van der Waals surface area contributed by atoms with Crippen LogP contribution in [0.2, 0.25) is 0 Å². The molecule has 0 aliphatic heterocycles. The van der Waals surface area contributed by atoms with Gasteiger partial charge in [-0.1, -0.05) is 23.7 Å². The number of benzene rings is 1. The normalized spacial score (nSPS) is 11.1. The first-order valence-corrected chi connectivity index (χ1v) is 4.73. The van der Waals surface area contributed by atoms with Crippen molar-refractivity contribution in [1.29, 1.82) is 0 Å². The number of carbonyl (C=O) groups excluding carboxylic acids is 1. The summed E-state index contributed by atoms with van der Waals surface area (Å²) < 4.78 is 0.918. The molecule has 0 spiro atoms. The van der Waals surface area contributed by atoms with Crippen LogP contribution in [0.4, 0.5) is 5.69 Å². The third-order valence-electron chi connectivity index (χ3n) is 1.35. The number of para-hydroxylation sites is 1. The minimum atomic E-state index is 0.135. The van der Waals surface area contributed by atoms with Gasteiger partial charge in [0.2, 0.25) is 0 Å². The Hall–Kier alpha value is -0.800. The maximum absolute atomic E-state index is 10.2. The van der Waals surface area contributed by atoms with E-state index in [4.69, 9.17) is 11.6 Å². The topological polar surface area (TPSA) is 29.1 Å². The molecule has 0 aliphatic carbocycles. The fourth-order valence-corrected chi connectivity index (χ4v) is 1.21. The van der Waals surface area contributed by atoms with Crippen LogP contribution in [0.1, 0.15) is 0 Å². The van der Waals surface area contributed by atoms with Crippen LogP contribution in [0.25, 0.3) is 0 Å². The summed E-state index contributed by atoms with van der Waals surface area (Å²) >= 11 is 8.83. The second-order valence-corrected chi connectivity index (χ2v) is 3.56. The van der Waals surface area contributed by atoms with E-state index in [0.29, 0.717) is 6.29 Å². The molecule has 0 aromatic heterocycles. The summed E-state index contributed by atoms with van der Waals surface area (Å²) in [5.74, 6) is 0. The summed E-state index contributed by atoms with van der Waals surface area (Å²) in [5.41, 5.74) is 0.863. The van der Waals surface area contributed by atoms with Gasteiger partial charge in [0, 0.05) is 10.7 Å². The molecule has 2 nitrogen and oxygen atoms in total. The van der Waals surface area contributed by atoms with Crippen LogP contribution in [0.5, 0.6) is 0 Å². The highest BCUT2D eigenvalue weighted by atomic mass is 79.9. The van der Waals surface area contributed by atoms with E-state index < -0.39 is 0 Å². The van der Waals surface area contributed by atoms with E-state index in [9.17, 15) is 4.79 Å². The van der Waals surface area contributed by atoms with Crippen LogP contribution in [-0.4, -0.2) is 6.29 Å². The molecule has 0 aliphatic rings. The minimum Gasteiger partial charge on any atom is -0.359 e. The zero-order valence-electron chi connectivity index (χ0n) is 6.63. The molecule has 0 unspecified atom stereocenters. The van der Waals surface area contributed by atoms with Crippen molar-refractivity contribution >= 4 is 39.5 Å². The van der Waals surface area contributed by atoms with Crippen molar-refractivity contribution < 1.29 is 4.79 Å². The second-order valence-electron chi connectivity index (χ2n) is 2.27. The molecule has 0 radical (unpaired) electrons. The van der Waals surface area contributed by atoms with Crippen molar-refractivity contribution in [1.82, 2.24) is 0 Å². The van der Waals surface area contributed by atoms with Gasteiger partial charge in [-0.25, -0.2) is 0 Å². The zero-order chi connectivity index (χ0) is 9.68. The summed E-state index contributed by atoms with van der Waals surface area (Å²) in [7, 11) is 0. The van der Waals surface area contributed by atoms with Gasteiger partial charge >= 0.3 is 0 Å². The molecule has 0 heterocycles. The molecule has 1 rings (SSSR count). The van der Waals surface area contributed by atoms with Crippen molar-refractivity contribution in [3.05, 3.63) is 40.0 Å². The zero-order valence-corrected chi connectivity index (χ0v) is 8.97. The second kappa shape index (κ2) is 5.04. The lowest BCUT2D eigenvalue weighted by atomic mass is 10.3. The van der Waals surface area contributed by atoms with E-state index in [2.05, 4.69) is 21.2 Å². The molecule has 0 atom stereocenters. The highest BCUT2D eigenvalue weighted by molar-refractivity contribution is 9.10. The Balaban J connectivity index is 2.75. The van der Waals surface area contributed by atoms with Gasteiger partial charge in [0.15, 0.2) is 6.29 Å². The van der Waals surface area contributed by atoms with Crippen molar-refractivity contribution in [3.63, 3.8) is 0 Å². The third kappa shape index (κ3) is 3.20. The van der Waals surface area contributed by atoms with E-state index >= 15 is 0 Å². The molecule has 4 heteroatoms. The lowest BCUT2D eigenvalue weighted by molar-refractivity contribution is -0.104. The summed E-state index contributed by atoms with van der Waals surface area (Å²) in [4.78, 5) is 10.2. The molecule has 0 amide bonds. The van der Waals surface area contributed by atoms with Crippen molar-refractivity contribution in [2.24, 2.45) is 0 Å². The number of aldehydes is 1. The Morgan fingerprint density at radius 2 is 2.15 bits per heavy atom. The third-order valence-corrected chi connectivity index (χ3v) is 2.24. The number of anilines is 1. The van der Waals surface area contributed by atoms with Gasteiger partial charge in [0.25, 0.3) is 0 Å². The molecular formula is C9H7BrClNO. The Kier molecular flexibility index (Phi) is 3.99. The van der Waals surface area contributed by atoms with Crippen molar-refractivity contribution in [2.45, 2.75) is 0 Å². The fraction of sp³-hybridized carbons (Fsp3) is 0. The first-order valence-electron chi connectivity index (χ1n) is 3.56. The minimum absolute atomic E-state index is 0.135. The Labute approximate surface area is 89.7 Å². The summed E-state index contributed by atoms with van der Waals surface area (Å²) in [5, 5.41) is 3.03. The SMILES string of the molecule is O=C/C(Cl)=C/Nc1ccccc1Br. The smallest absolute Gasteiger partial charge is 0.162 e. The average molecular weight is 261 g/mol. The molecule has 0 fully saturated rings. The summed E-state index contributed by atoms with van der Waals surface area (Å²) in [6.07, 6.45) is 2.01. The predicted octanol–water partition coefficient (Wildman–Crippen LogP) is 3.14. The highest BCUT2D eigenvalue weighted by Gasteiger charge is 1.94. The van der Waals surface area contributed by atoms with E-state index in [1.165, 1.54) is 6.20 Å². The van der Waals surface area contributed by atoms with Gasteiger partial charge in [-0.2, -0.15) is 0 Å². The number of nitrogens with one attached hydrogen (secondary N) is 1. The summed E-state index contributed by atoms with van der Waals surface area (Å²) in [6.45, 7) is 0. The first-order chi connectivity index (χ1) is 6.24. The Morgan fingerprint density at radius 1 is 1.46 bits per heavy atom. The van der Waals surface area contributed by atoms with Crippen molar-refractivity contribution in [2.75, 3.05) is 5.32 Å². The molecule has 68 valence electrons. The van der Waals surface area contributed by atoms with Gasteiger partial charge in [-0.3, -0.25) is 4.79 Å². The van der Waals surface area contributed by atoms with Gasteiger partial charge in [-0.15, -0.1) is 0 Å². The molecular weight excluding hydrogens is 253 g/mol. The van der Waals surface area contributed by atoms with Crippen molar-refractivity contribution in [3.8, 4) is 0 Å². The van der Waals surface area contributed by atoms with Crippen LogP contribution in [0.15, 0.2) is 40.0 Å². The summed E-state index contributed by atoms with van der Waals surface area (Å²) in [6, 6.07) is 7.55. The maximum atomic E-state index is 10.2. The number of carbonyl (C=O) groups is 1. The standard InChI is InChI=1S/C9H7BrClNO/c10-8-3-1-2-4-9(8)12-5-7(11)6-13/h1-6,12H/b7-5-. The average Bonchev–Trinajstić information content (AvgIpc) is 2.16. The van der Waals surface area contributed by atoms with Gasteiger partial charge in [0.1, 0.15) is 0 Å². The van der Waals surface area contributed by atoms with Crippen LogP contribution in [0.3, 0.4) is 0 Å². The number of rotatable bonds is 3. The Bertz CT molecular complexity index is 338. The van der Waals surface area contributed by atoms with E-state index in [1.54, 1.807) is 0 Å². The molecule has 0 saturated heterocycles. The maximum Gasteiger partial charge on any atom is 0.162 e. The molecule has 13 heavy (non-hydrogen) atoms. The quantitative estimate of drug-likeness (QED) is 0.668. The Morgan fingerprint density at radius 3 is 2.77 bits per heavy atom.